The zero-order valence-electron chi connectivity index (χ0n) is 14.5. The molecule has 0 fully saturated rings. The molecule has 3 rings (SSSR count). The van der Waals surface area contributed by atoms with Crippen LogP contribution in [-0.4, -0.2) is 22.1 Å². The van der Waals surface area contributed by atoms with E-state index in [1.807, 2.05) is 25.1 Å². The third-order valence-electron chi connectivity index (χ3n) is 3.97. The van der Waals surface area contributed by atoms with Gasteiger partial charge in [0, 0.05) is 17.3 Å². The predicted molar refractivity (Wildman–Crippen MR) is 104 cm³/mol. The molecule has 0 spiro atoms. The number of anilines is 1. The van der Waals surface area contributed by atoms with Gasteiger partial charge in [-0.25, -0.2) is 9.78 Å². The topological polar surface area (TPSA) is 76.0 Å². The number of nitrogens with zero attached hydrogens (tertiary/aromatic N) is 2. The van der Waals surface area contributed by atoms with Crippen LogP contribution in [0.4, 0.5) is 10.5 Å². The van der Waals surface area contributed by atoms with Gasteiger partial charge in [-0.1, -0.05) is 23.7 Å². The highest BCUT2D eigenvalue weighted by Gasteiger charge is 2.10. The van der Waals surface area contributed by atoms with Crippen molar-refractivity contribution in [3.05, 3.63) is 69.2 Å². The van der Waals surface area contributed by atoms with Gasteiger partial charge in [0.15, 0.2) is 0 Å². The van der Waals surface area contributed by atoms with Crippen LogP contribution < -0.4 is 16.2 Å². The van der Waals surface area contributed by atoms with Gasteiger partial charge in [0.1, 0.15) is 5.82 Å². The van der Waals surface area contributed by atoms with Crippen molar-refractivity contribution in [3.63, 3.8) is 0 Å². The molecular weight excluding hydrogens is 352 g/mol. The van der Waals surface area contributed by atoms with E-state index < -0.39 is 0 Å². The largest absolute Gasteiger partial charge is 0.338 e. The van der Waals surface area contributed by atoms with Gasteiger partial charge in [-0.15, -0.1) is 0 Å². The normalized spacial score (nSPS) is 10.7. The van der Waals surface area contributed by atoms with Gasteiger partial charge >= 0.3 is 6.03 Å². The number of carbonyl (C=O) groups excluding carboxylic acids is 1. The number of aryl methyl sites for hydroxylation is 1. The molecule has 0 unspecified atom stereocenters. The van der Waals surface area contributed by atoms with Crippen molar-refractivity contribution in [1.82, 2.24) is 14.9 Å². The number of carbonyl (C=O) groups is 1. The lowest BCUT2D eigenvalue weighted by Gasteiger charge is -2.12. The van der Waals surface area contributed by atoms with E-state index in [-0.39, 0.29) is 11.6 Å². The Balaban J connectivity index is 2.01. The number of urea groups is 1. The summed E-state index contributed by atoms with van der Waals surface area (Å²) >= 11 is 6.03. The van der Waals surface area contributed by atoms with E-state index in [1.165, 1.54) is 0 Å². The van der Waals surface area contributed by atoms with Crippen molar-refractivity contribution in [3.8, 4) is 0 Å². The minimum absolute atomic E-state index is 0.160. The van der Waals surface area contributed by atoms with Crippen molar-refractivity contribution in [2.75, 3.05) is 11.9 Å². The lowest BCUT2D eigenvalue weighted by molar-refractivity contribution is 0.252. The van der Waals surface area contributed by atoms with Gasteiger partial charge in [-0.05, 0) is 49.7 Å². The number of halogens is 1. The van der Waals surface area contributed by atoms with E-state index in [0.29, 0.717) is 40.5 Å². The van der Waals surface area contributed by atoms with Crippen LogP contribution in [0.3, 0.4) is 0 Å². The Morgan fingerprint density at radius 2 is 2.04 bits per heavy atom. The third-order valence-corrected chi connectivity index (χ3v) is 4.21. The van der Waals surface area contributed by atoms with Crippen molar-refractivity contribution in [1.29, 1.82) is 0 Å². The number of benzene rings is 2. The SMILES string of the molecule is CCNC(=O)Nc1ccc2nc(C)n(Cc3cccc(Cl)c3)c(=O)c2c1. The summed E-state index contributed by atoms with van der Waals surface area (Å²) in [5.41, 5.74) is 1.89. The Morgan fingerprint density at radius 3 is 2.77 bits per heavy atom. The van der Waals surface area contributed by atoms with Crippen molar-refractivity contribution >= 4 is 34.2 Å². The van der Waals surface area contributed by atoms with Crippen LogP contribution in [0.2, 0.25) is 5.02 Å². The number of hydrogen-bond donors (Lipinski definition) is 2. The molecule has 0 radical (unpaired) electrons. The quantitative estimate of drug-likeness (QED) is 0.737. The standard InChI is InChI=1S/C19H19ClN4O2/c1-3-21-19(26)23-15-7-8-17-16(10-15)18(25)24(12(2)22-17)11-13-5-4-6-14(20)9-13/h4-10H,3,11H2,1-2H3,(H2,21,23,26). The molecule has 0 saturated carbocycles. The molecule has 0 saturated heterocycles. The molecule has 2 N–H and O–H groups in total. The maximum absolute atomic E-state index is 13.0. The minimum atomic E-state index is -0.314. The molecule has 2 aromatic carbocycles. The summed E-state index contributed by atoms with van der Waals surface area (Å²) in [7, 11) is 0. The fraction of sp³-hybridized carbons (Fsp3) is 0.211. The molecule has 2 amide bonds. The second-order valence-electron chi connectivity index (χ2n) is 5.90. The van der Waals surface area contributed by atoms with Crippen molar-refractivity contribution < 1.29 is 4.79 Å². The highest BCUT2D eigenvalue weighted by molar-refractivity contribution is 6.30. The minimum Gasteiger partial charge on any atom is -0.338 e. The number of aromatic nitrogens is 2. The number of nitrogens with one attached hydrogen (secondary N) is 2. The monoisotopic (exact) mass is 370 g/mol. The van der Waals surface area contributed by atoms with Crippen molar-refractivity contribution in [2.45, 2.75) is 20.4 Å². The van der Waals surface area contributed by atoms with E-state index in [1.54, 1.807) is 35.8 Å². The highest BCUT2D eigenvalue weighted by Crippen LogP contribution is 2.17. The predicted octanol–water partition coefficient (Wildman–Crippen LogP) is 3.55. The number of rotatable bonds is 4. The van der Waals surface area contributed by atoms with Crippen LogP contribution in [0.1, 0.15) is 18.3 Å². The molecule has 6 nitrogen and oxygen atoms in total. The van der Waals surface area contributed by atoms with Crippen LogP contribution >= 0.6 is 11.6 Å². The summed E-state index contributed by atoms with van der Waals surface area (Å²) in [6.45, 7) is 4.53. The molecule has 1 heterocycles. The summed E-state index contributed by atoms with van der Waals surface area (Å²) in [6.07, 6.45) is 0. The summed E-state index contributed by atoms with van der Waals surface area (Å²) in [5, 5.41) is 6.44. The Labute approximate surface area is 155 Å². The first-order valence-electron chi connectivity index (χ1n) is 8.28. The maximum atomic E-state index is 13.0. The smallest absolute Gasteiger partial charge is 0.319 e. The van der Waals surface area contributed by atoms with Crippen molar-refractivity contribution in [2.24, 2.45) is 0 Å². The molecule has 0 bridgehead atoms. The fourth-order valence-electron chi connectivity index (χ4n) is 2.75. The molecule has 0 atom stereocenters. The van der Waals surface area contributed by atoms with E-state index in [2.05, 4.69) is 15.6 Å². The molecule has 0 aliphatic heterocycles. The zero-order valence-corrected chi connectivity index (χ0v) is 15.3. The molecule has 134 valence electrons. The van der Waals surface area contributed by atoms with E-state index >= 15 is 0 Å². The maximum Gasteiger partial charge on any atom is 0.319 e. The second-order valence-corrected chi connectivity index (χ2v) is 6.33. The third kappa shape index (κ3) is 3.86. The number of amides is 2. The Hall–Kier alpha value is -2.86. The van der Waals surface area contributed by atoms with Crippen LogP contribution in [-0.2, 0) is 6.54 Å². The summed E-state index contributed by atoms with van der Waals surface area (Å²) in [4.78, 5) is 29.2. The summed E-state index contributed by atoms with van der Waals surface area (Å²) < 4.78 is 1.60. The van der Waals surface area contributed by atoms with Gasteiger partial charge in [-0.3, -0.25) is 9.36 Å². The lowest BCUT2D eigenvalue weighted by Crippen LogP contribution is -2.28. The molecule has 7 heteroatoms. The lowest BCUT2D eigenvalue weighted by atomic mass is 10.2. The van der Waals surface area contributed by atoms with Gasteiger partial charge in [-0.2, -0.15) is 0 Å². The van der Waals surface area contributed by atoms with Gasteiger partial charge in [0.05, 0.1) is 17.4 Å². The molecule has 26 heavy (non-hydrogen) atoms. The van der Waals surface area contributed by atoms with Crippen LogP contribution in [0.25, 0.3) is 10.9 Å². The molecule has 3 aromatic rings. The fourth-order valence-corrected chi connectivity index (χ4v) is 2.96. The first-order valence-corrected chi connectivity index (χ1v) is 8.66. The Morgan fingerprint density at radius 1 is 1.23 bits per heavy atom. The average molecular weight is 371 g/mol. The first kappa shape index (κ1) is 17.9. The van der Waals surface area contributed by atoms with Crippen LogP contribution in [0, 0.1) is 6.92 Å². The zero-order chi connectivity index (χ0) is 18.7. The molecular formula is C19H19ClN4O2. The molecule has 0 aliphatic rings. The van der Waals surface area contributed by atoms with Gasteiger partial charge in [0.2, 0.25) is 0 Å². The van der Waals surface area contributed by atoms with Gasteiger partial charge < -0.3 is 10.6 Å². The van der Waals surface area contributed by atoms with E-state index in [0.717, 1.165) is 5.56 Å². The van der Waals surface area contributed by atoms with Crippen LogP contribution in [0.15, 0.2) is 47.3 Å². The Bertz CT molecular complexity index is 1030. The average Bonchev–Trinajstić information content (AvgIpc) is 2.59. The number of hydrogen-bond acceptors (Lipinski definition) is 3. The van der Waals surface area contributed by atoms with Crippen LogP contribution in [0.5, 0.6) is 0 Å². The molecule has 0 aliphatic carbocycles. The first-order chi connectivity index (χ1) is 12.5. The van der Waals surface area contributed by atoms with E-state index in [4.69, 9.17) is 11.6 Å². The molecule has 1 aromatic heterocycles. The highest BCUT2D eigenvalue weighted by atomic mass is 35.5. The summed E-state index contributed by atoms with van der Waals surface area (Å²) in [5.74, 6) is 0.618. The Kier molecular flexibility index (Phi) is 5.23. The van der Waals surface area contributed by atoms with E-state index in [9.17, 15) is 9.59 Å². The summed E-state index contributed by atoms with van der Waals surface area (Å²) in [6, 6.07) is 12.2. The second kappa shape index (κ2) is 7.58. The van der Waals surface area contributed by atoms with Gasteiger partial charge in [0.25, 0.3) is 5.56 Å². The number of fused-ring (bicyclic) bond motifs is 1.